The number of benzene rings is 1. The molecular formula is C19H15BrN4O. The maximum absolute atomic E-state index is 12.9. The van der Waals surface area contributed by atoms with Crippen molar-refractivity contribution in [2.24, 2.45) is 7.05 Å². The predicted molar refractivity (Wildman–Crippen MR) is 101 cm³/mol. The highest BCUT2D eigenvalue weighted by molar-refractivity contribution is 9.10. The maximum Gasteiger partial charge on any atom is 0.205 e. The summed E-state index contributed by atoms with van der Waals surface area (Å²) >= 11 is 3.47. The standard InChI is InChI=1S/C19H15BrN4O/c1-23-9-13-8-12(4-5-16(13)22-23)14-10-24-7-6-15(11-2-3-11)21-19(24)17(20)18(14)25/h4-11H,2-3H2,1H3. The molecule has 0 bridgehead atoms. The van der Waals surface area contributed by atoms with Crippen molar-refractivity contribution in [2.75, 3.05) is 0 Å². The van der Waals surface area contributed by atoms with Gasteiger partial charge in [0.2, 0.25) is 5.43 Å². The lowest BCUT2D eigenvalue weighted by atomic mass is 10.1. The third-order valence-electron chi connectivity index (χ3n) is 4.72. The highest BCUT2D eigenvalue weighted by atomic mass is 79.9. The number of fused-ring (bicyclic) bond motifs is 2. The van der Waals surface area contributed by atoms with Gasteiger partial charge >= 0.3 is 0 Å². The van der Waals surface area contributed by atoms with Crippen LogP contribution < -0.4 is 5.43 Å². The van der Waals surface area contributed by atoms with Gasteiger partial charge in [0.15, 0.2) is 5.65 Å². The zero-order valence-corrected chi connectivity index (χ0v) is 15.2. The van der Waals surface area contributed by atoms with E-state index in [0.29, 0.717) is 21.6 Å². The topological polar surface area (TPSA) is 52.2 Å². The van der Waals surface area contributed by atoms with Gasteiger partial charge in [-0.05, 0) is 52.5 Å². The minimum Gasteiger partial charge on any atom is -0.307 e. The van der Waals surface area contributed by atoms with Crippen molar-refractivity contribution in [3.05, 3.63) is 63.2 Å². The van der Waals surface area contributed by atoms with Gasteiger partial charge in [-0.2, -0.15) is 5.10 Å². The first kappa shape index (κ1) is 14.8. The first-order valence-corrected chi connectivity index (χ1v) is 9.04. The van der Waals surface area contributed by atoms with E-state index in [4.69, 9.17) is 0 Å². The average Bonchev–Trinajstić information content (AvgIpc) is 3.38. The second kappa shape index (κ2) is 5.26. The Kier molecular flexibility index (Phi) is 3.12. The normalized spacial score (nSPS) is 14.5. The van der Waals surface area contributed by atoms with Crippen LogP contribution in [0.3, 0.4) is 0 Å². The van der Waals surface area contributed by atoms with E-state index in [0.717, 1.165) is 22.2 Å². The summed E-state index contributed by atoms with van der Waals surface area (Å²) in [7, 11) is 1.89. The zero-order valence-electron chi connectivity index (χ0n) is 13.6. The fraction of sp³-hybridized carbons (Fsp3) is 0.211. The molecule has 3 aromatic heterocycles. The lowest BCUT2D eigenvalue weighted by Gasteiger charge is -2.09. The van der Waals surface area contributed by atoms with Crippen molar-refractivity contribution in [1.82, 2.24) is 19.2 Å². The largest absolute Gasteiger partial charge is 0.307 e. The van der Waals surface area contributed by atoms with Crippen LogP contribution in [0, 0.1) is 0 Å². The number of aryl methyl sites for hydroxylation is 1. The molecule has 1 saturated carbocycles. The summed E-state index contributed by atoms with van der Waals surface area (Å²) in [5.74, 6) is 0.555. The molecule has 5 rings (SSSR count). The molecule has 25 heavy (non-hydrogen) atoms. The first-order valence-electron chi connectivity index (χ1n) is 8.25. The van der Waals surface area contributed by atoms with Gasteiger partial charge in [0.25, 0.3) is 0 Å². The zero-order chi connectivity index (χ0) is 17.1. The number of pyridine rings is 1. The average molecular weight is 395 g/mol. The van der Waals surface area contributed by atoms with E-state index in [1.807, 2.05) is 48.2 Å². The summed E-state index contributed by atoms with van der Waals surface area (Å²) in [5.41, 5.74) is 4.17. The van der Waals surface area contributed by atoms with Crippen molar-refractivity contribution in [3.63, 3.8) is 0 Å². The summed E-state index contributed by atoms with van der Waals surface area (Å²) in [6, 6.07) is 7.94. The van der Waals surface area contributed by atoms with E-state index >= 15 is 0 Å². The fourth-order valence-corrected chi connectivity index (χ4v) is 3.76. The molecule has 1 fully saturated rings. The molecule has 0 unspecified atom stereocenters. The number of rotatable bonds is 2. The molecule has 3 heterocycles. The first-order chi connectivity index (χ1) is 12.1. The van der Waals surface area contributed by atoms with Crippen LogP contribution in [-0.2, 0) is 7.05 Å². The molecule has 1 aliphatic carbocycles. The van der Waals surface area contributed by atoms with E-state index in [-0.39, 0.29) is 5.43 Å². The molecule has 1 aliphatic rings. The number of aromatic nitrogens is 4. The minimum atomic E-state index is -0.0383. The third-order valence-corrected chi connectivity index (χ3v) is 5.43. The van der Waals surface area contributed by atoms with Gasteiger partial charge in [0.1, 0.15) is 4.47 Å². The van der Waals surface area contributed by atoms with Crippen molar-refractivity contribution in [3.8, 4) is 11.1 Å². The summed E-state index contributed by atoms with van der Waals surface area (Å²) in [4.78, 5) is 17.6. The van der Waals surface area contributed by atoms with Gasteiger partial charge in [-0.15, -0.1) is 0 Å². The molecule has 0 amide bonds. The van der Waals surface area contributed by atoms with E-state index < -0.39 is 0 Å². The summed E-state index contributed by atoms with van der Waals surface area (Å²) in [6.07, 6.45) is 8.19. The quantitative estimate of drug-likeness (QED) is 0.518. The highest BCUT2D eigenvalue weighted by Crippen LogP contribution is 2.39. The molecule has 0 radical (unpaired) electrons. The van der Waals surface area contributed by atoms with Crippen molar-refractivity contribution in [2.45, 2.75) is 18.8 Å². The Labute approximate surface area is 152 Å². The Balaban J connectivity index is 1.73. The second-order valence-electron chi connectivity index (χ2n) is 6.62. The monoisotopic (exact) mass is 394 g/mol. The Morgan fingerprint density at radius 3 is 2.84 bits per heavy atom. The van der Waals surface area contributed by atoms with Crippen LogP contribution in [0.5, 0.6) is 0 Å². The fourth-order valence-electron chi connectivity index (χ4n) is 3.26. The van der Waals surface area contributed by atoms with E-state index in [9.17, 15) is 4.79 Å². The highest BCUT2D eigenvalue weighted by Gasteiger charge is 2.25. The Bertz CT molecular complexity index is 1200. The summed E-state index contributed by atoms with van der Waals surface area (Å²) in [5, 5.41) is 5.40. The van der Waals surface area contributed by atoms with Crippen molar-refractivity contribution >= 4 is 32.5 Å². The van der Waals surface area contributed by atoms with E-state index in [2.05, 4.69) is 32.1 Å². The van der Waals surface area contributed by atoms with E-state index in [1.54, 1.807) is 4.68 Å². The molecule has 0 saturated heterocycles. The van der Waals surface area contributed by atoms with Gasteiger partial charge in [-0.1, -0.05) is 6.07 Å². The summed E-state index contributed by atoms with van der Waals surface area (Å²) in [6.45, 7) is 0. The maximum atomic E-state index is 12.9. The van der Waals surface area contributed by atoms with Crippen molar-refractivity contribution in [1.29, 1.82) is 0 Å². The minimum absolute atomic E-state index is 0.0383. The lowest BCUT2D eigenvalue weighted by Crippen LogP contribution is -2.11. The molecule has 6 heteroatoms. The van der Waals surface area contributed by atoms with Crippen LogP contribution >= 0.6 is 15.9 Å². The van der Waals surface area contributed by atoms with Crippen LogP contribution in [0.4, 0.5) is 0 Å². The van der Waals surface area contributed by atoms with Crippen LogP contribution in [0.1, 0.15) is 24.5 Å². The number of hydrogen-bond acceptors (Lipinski definition) is 3. The van der Waals surface area contributed by atoms with Crippen LogP contribution in [0.15, 0.2) is 52.1 Å². The number of nitrogens with zero attached hydrogens (tertiary/aromatic N) is 4. The Hall–Kier alpha value is -2.47. The number of hydrogen-bond donors (Lipinski definition) is 0. The van der Waals surface area contributed by atoms with Gasteiger partial charge in [-0.3, -0.25) is 9.48 Å². The van der Waals surface area contributed by atoms with Gasteiger partial charge in [0, 0.05) is 48.2 Å². The SMILES string of the molecule is Cn1cc2cc(-c3cn4ccc(C5CC5)nc4c(Br)c3=O)ccc2n1. The lowest BCUT2D eigenvalue weighted by molar-refractivity contribution is 0.780. The van der Waals surface area contributed by atoms with Gasteiger partial charge in [-0.25, -0.2) is 4.98 Å². The predicted octanol–water partition coefficient (Wildman–Crippen LogP) is 3.89. The molecule has 4 aromatic rings. The second-order valence-corrected chi connectivity index (χ2v) is 7.41. The Morgan fingerprint density at radius 2 is 2.04 bits per heavy atom. The van der Waals surface area contributed by atoms with Crippen LogP contribution in [-0.4, -0.2) is 19.2 Å². The molecule has 0 spiro atoms. The van der Waals surface area contributed by atoms with Crippen LogP contribution in [0.25, 0.3) is 27.7 Å². The molecule has 0 N–H and O–H groups in total. The third kappa shape index (κ3) is 2.40. The number of halogens is 1. The molecular weight excluding hydrogens is 380 g/mol. The van der Waals surface area contributed by atoms with Crippen LogP contribution in [0.2, 0.25) is 0 Å². The van der Waals surface area contributed by atoms with Gasteiger partial charge < -0.3 is 4.40 Å². The molecule has 124 valence electrons. The summed E-state index contributed by atoms with van der Waals surface area (Å²) < 4.78 is 4.21. The Morgan fingerprint density at radius 1 is 1.20 bits per heavy atom. The molecule has 1 aromatic carbocycles. The smallest absolute Gasteiger partial charge is 0.205 e. The van der Waals surface area contributed by atoms with Crippen molar-refractivity contribution < 1.29 is 0 Å². The molecule has 5 nitrogen and oxygen atoms in total. The van der Waals surface area contributed by atoms with E-state index in [1.165, 1.54) is 12.8 Å². The molecule has 0 aliphatic heterocycles. The van der Waals surface area contributed by atoms with Gasteiger partial charge in [0.05, 0.1) is 5.52 Å². The molecule has 0 atom stereocenters.